The molecule has 0 bridgehead atoms. The molecular weight excluding hydrogens is 222 g/mol. The van der Waals surface area contributed by atoms with Crippen LogP contribution in [-0.2, 0) is 4.74 Å². The highest BCUT2D eigenvalue weighted by Crippen LogP contribution is 2.39. The smallest absolute Gasteiger partial charge is 0.166 e. The molecule has 0 aromatic heterocycles. The van der Waals surface area contributed by atoms with Crippen molar-refractivity contribution in [1.82, 2.24) is 5.32 Å². The molecule has 17 heavy (non-hydrogen) atoms. The van der Waals surface area contributed by atoms with Crippen molar-refractivity contribution in [2.45, 2.75) is 6.10 Å². The number of benzene rings is 1. The van der Waals surface area contributed by atoms with Gasteiger partial charge in [0.05, 0.1) is 26.9 Å². The summed E-state index contributed by atoms with van der Waals surface area (Å²) >= 11 is 0. The third-order valence-corrected chi connectivity index (χ3v) is 2.77. The fraction of sp³-hybridized carbons (Fsp3) is 0.500. The molecule has 1 aromatic rings. The quantitative estimate of drug-likeness (QED) is 0.826. The second-order valence-corrected chi connectivity index (χ2v) is 3.83. The molecule has 5 heteroatoms. The van der Waals surface area contributed by atoms with Crippen molar-refractivity contribution in [3.8, 4) is 17.2 Å². The van der Waals surface area contributed by atoms with Crippen LogP contribution in [0.1, 0.15) is 11.7 Å². The molecule has 1 atom stereocenters. The van der Waals surface area contributed by atoms with E-state index in [2.05, 4.69) is 5.32 Å². The highest BCUT2D eigenvalue weighted by molar-refractivity contribution is 5.52. The number of hydrogen-bond acceptors (Lipinski definition) is 5. The van der Waals surface area contributed by atoms with Crippen LogP contribution in [0.15, 0.2) is 12.1 Å². The average molecular weight is 239 g/mol. The van der Waals surface area contributed by atoms with Gasteiger partial charge < -0.3 is 24.6 Å². The fourth-order valence-corrected chi connectivity index (χ4v) is 1.98. The van der Waals surface area contributed by atoms with Crippen molar-refractivity contribution in [2.75, 3.05) is 33.9 Å². The molecule has 1 aliphatic heterocycles. The van der Waals surface area contributed by atoms with E-state index in [1.807, 2.05) is 0 Å². The van der Waals surface area contributed by atoms with Crippen molar-refractivity contribution in [3.05, 3.63) is 17.7 Å². The number of ether oxygens (including phenoxy) is 3. The maximum absolute atomic E-state index is 9.66. The predicted octanol–water partition coefficient (Wildman–Crippen LogP) is 1.07. The van der Waals surface area contributed by atoms with Crippen LogP contribution < -0.4 is 14.8 Å². The van der Waals surface area contributed by atoms with Crippen LogP contribution in [0.2, 0.25) is 0 Å². The summed E-state index contributed by atoms with van der Waals surface area (Å²) in [5.74, 6) is 1.27. The Morgan fingerprint density at radius 1 is 1.35 bits per heavy atom. The monoisotopic (exact) mass is 239 g/mol. The van der Waals surface area contributed by atoms with Crippen molar-refractivity contribution < 1.29 is 19.3 Å². The Hall–Kier alpha value is -1.46. The standard InChI is InChI=1S/C12H17NO4/c1-15-10-6-8(14)5-9(12(10)16-2)11-7-13-3-4-17-11/h5-6,11,13-14H,3-4,7H2,1-2H3. The second kappa shape index (κ2) is 5.25. The maximum Gasteiger partial charge on any atom is 0.166 e. The highest BCUT2D eigenvalue weighted by atomic mass is 16.5. The van der Waals surface area contributed by atoms with E-state index in [0.717, 1.165) is 12.1 Å². The number of hydrogen-bond donors (Lipinski definition) is 2. The van der Waals surface area contributed by atoms with E-state index >= 15 is 0 Å². The lowest BCUT2D eigenvalue weighted by Gasteiger charge is -2.26. The van der Waals surface area contributed by atoms with E-state index < -0.39 is 0 Å². The number of methoxy groups -OCH3 is 2. The Labute approximate surface area is 100 Å². The molecule has 0 radical (unpaired) electrons. The lowest BCUT2D eigenvalue weighted by molar-refractivity contribution is 0.0259. The van der Waals surface area contributed by atoms with E-state index in [0.29, 0.717) is 24.7 Å². The third kappa shape index (κ3) is 2.45. The summed E-state index contributed by atoms with van der Waals surface area (Å²) in [5.41, 5.74) is 0.802. The molecule has 1 heterocycles. The van der Waals surface area contributed by atoms with Crippen LogP contribution in [0.4, 0.5) is 0 Å². The van der Waals surface area contributed by atoms with Crippen LogP contribution in [0.3, 0.4) is 0 Å². The minimum absolute atomic E-state index is 0.125. The average Bonchev–Trinajstić information content (AvgIpc) is 2.38. The van der Waals surface area contributed by atoms with Gasteiger partial charge in [-0.05, 0) is 6.07 Å². The number of phenols is 1. The normalized spacial score (nSPS) is 20.0. The molecule has 5 nitrogen and oxygen atoms in total. The first-order chi connectivity index (χ1) is 8.26. The van der Waals surface area contributed by atoms with Gasteiger partial charge in [-0.2, -0.15) is 0 Å². The van der Waals surface area contributed by atoms with Gasteiger partial charge in [-0.3, -0.25) is 0 Å². The molecule has 0 amide bonds. The molecular formula is C12H17NO4. The Balaban J connectivity index is 2.39. The molecule has 2 N–H and O–H groups in total. The van der Waals surface area contributed by atoms with Gasteiger partial charge in [0.2, 0.25) is 0 Å². The van der Waals surface area contributed by atoms with Gasteiger partial charge >= 0.3 is 0 Å². The zero-order valence-electron chi connectivity index (χ0n) is 10.0. The van der Waals surface area contributed by atoms with E-state index in [-0.39, 0.29) is 11.9 Å². The number of rotatable bonds is 3. The molecule has 0 aliphatic carbocycles. The summed E-state index contributed by atoms with van der Waals surface area (Å²) in [7, 11) is 3.12. The number of phenolic OH excluding ortho intramolecular Hbond substituents is 1. The summed E-state index contributed by atoms with van der Waals surface area (Å²) in [6.07, 6.45) is -0.125. The summed E-state index contributed by atoms with van der Waals surface area (Å²) in [4.78, 5) is 0. The summed E-state index contributed by atoms with van der Waals surface area (Å²) < 4.78 is 16.2. The van der Waals surface area contributed by atoms with Crippen LogP contribution in [0, 0.1) is 0 Å². The Morgan fingerprint density at radius 3 is 2.76 bits per heavy atom. The molecule has 1 unspecified atom stereocenters. The third-order valence-electron chi connectivity index (χ3n) is 2.77. The molecule has 1 aromatic carbocycles. The molecule has 0 spiro atoms. The fourth-order valence-electron chi connectivity index (χ4n) is 1.98. The van der Waals surface area contributed by atoms with Gasteiger partial charge in [0.1, 0.15) is 5.75 Å². The molecule has 1 aliphatic rings. The lowest BCUT2D eigenvalue weighted by Crippen LogP contribution is -2.33. The number of morpholine rings is 1. The summed E-state index contributed by atoms with van der Waals surface area (Å²) in [6, 6.07) is 3.18. The van der Waals surface area contributed by atoms with Crippen molar-refractivity contribution >= 4 is 0 Å². The van der Waals surface area contributed by atoms with E-state index in [4.69, 9.17) is 14.2 Å². The van der Waals surface area contributed by atoms with Crippen molar-refractivity contribution in [3.63, 3.8) is 0 Å². The minimum Gasteiger partial charge on any atom is -0.508 e. The summed E-state index contributed by atoms with van der Waals surface area (Å²) in [6.45, 7) is 2.18. The first kappa shape index (κ1) is 12.0. The van der Waals surface area contributed by atoms with Gasteiger partial charge in [-0.15, -0.1) is 0 Å². The second-order valence-electron chi connectivity index (χ2n) is 3.83. The van der Waals surface area contributed by atoms with Crippen LogP contribution in [0.5, 0.6) is 17.2 Å². The van der Waals surface area contributed by atoms with Crippen LogP contribution >= 0.6 is 0 Å². The molecule has 0 saturated carbocycles. The molecule has 1 fully saturated rings. The molecule has 94 valence electrons. The van der Waals surface area contributed by atoms with Gasteiger partial charge in [0.15, 0.2) is 11.5 Å². The zero-order chi connectivity index (χ0) is 12.3. The largest absolute Gasteiger partial charge is 0.508 e. The Morgan fingerprint density at radius 2 is 2.18 bits per heavy atom. The highest BCUT2D eigenvalue weighted by Gasteiger charge is 2.23. The van der Waals surface area contributed by atoms with Gasteiger partial charge in [-0.25, -0.2) is 0 Å². The van der Waals surface area contributed by atoms with E-state index in [1.54, 1.807) is 20.3 Å². The number of nitrogens with one attached hydrogen (secondary N) is 1. The Kier molecular flexibility index (Phi) is 3.71. The van der Waals surface area contributed by atoms with Gasteiger partial charge in [0, 0.05) is 24.7 Å². The van der Waals surface area contributed by atoms with E-state index in [9.17, 15) is 5.11 Å². The van der Waals surface area contributed by atoms with Crippen LogP contribution in [0.25, 0.3) is 0 Å². The first-order valence-electron chi connectivity index (χ1n) is 5.53. The Bertz CT molecular complexity index is 388. The van der Waals surface area contributed by atoms with E-state index in [1.165, 1.54) is 6.07 Å². The van der Waals surface area contributed by atoms with Crippen molar-refractivity contribution in [1.29, 1.82) is 0 Å². The van der Waals surface area contributed by atoms with Crippen LogP contribution in [-0.4, -0.2) is 39.0 Å². The number of aromatic hydroxyl groups is 1. The topological polar surface area (TPSA) is 60.0 Å². The molecule has 2 rings (SSSR count). The SMILES string of the molecule is COc1cc(O)cc(C2CNCCO2)c1OC. The van der Waals surface area contributed by atoms with Gasteiger partial charge in [0.25, 0.3) is 0 Å². The predicted molar refractivity (Wildman–Crippen MR) is 62.8 cm³/mol. The minimum atomic E-state index is -0.125. The van der Waals surface area contributed by atoms with Gasteiger partial charge in [-0.1, -0.05) is 0 Å². The summed E-state index contributed by atoms with van der Waals surface area (Å²) in [5, 5.41) is 12.9. The zero-order valence-corrected chi connectivity index (χ0v) is 10.0. The first-order valence-corrected chi connectivity index (χ1v) is 5.53. The lowest BCUT2D eigenvalue weighted by atomic mass is 10.1. The maximum atomic E-state index is 9.66. The van der Waals surface area contributed by atoms with Crippen molar-refractivity contribution in [2.24, 2.45) is 0 Å². The molecule has 1 saturated heterocycles.